The molecular weight excluding hydrogens is 442 g/mol. The summed E-state index contributed by atoms with van der Waals surface area (Å²) in [5.74, 6) is -0.693. The van der Waals surface area contributed by atoms with E-state index < -0.39 is 17.7 Å². The highest BCUT2D eigenvalue weighted by Crippen LogP contribution is 2.30. The molecule has 0 aliphatic carbocycles. The molecule has 2 rings (SSSR count). The molecule has 7 nitrogen and oxygen atoms in total. The first-order valence-corrected chi connectivity index (χ1v) is 11.9. The number of ether oxygens (including phenoxy) is 1. The van der Waals surface area contributed by atoms with Crippen molar-refractivity contribution >= 4 is 23.6 Å². The molecule has 190 valence electrons. The van der Waals surface area contributed by atoms with Crippen molar-refractivity contribution in [3.8, 4) is 0 Å². The molecule has 0 aromatic heterocycles. The second kappa shape index (κ2) is 11.4. The van der Waals surface area contributed by atoms with Gasteiger partial charge in [0.15, 0.2) is 0 Å². The molecule has 0 saturated carbocycles. The molecule has 0 fully saturated rings. The van der Waals surface area contributed by atoms with E-state index in [0.717, 1.165) is 33.5 Å². The maximum absolute atomic E-state index is 13.8. The van der Waals surface area contributed by atoms with Crippen LogP contribution in [0.4, 0.5) is 10.5 Å². The van der Waals surface area contributed by atoms with Crippen molar-refractivity contribution < 1.29 is 19.1 Å². The van der Waals surface area contributed by atoms with Crippen LogP contribution in [0.2, 0.25) is 0 Å². The fourth-order valence-electron chi connectivity index (χ4n) is 4.04. The minimum atomic E-state index is -0.887. The number of carbonyl (C=O) groups is 3. The van der Waals surface area contributed by atoms with Gasteiger partial charge in [0, 0.05) is 11.7 Å². The lowest BCUT2D eigenvalue weighted by Gasteiger charge is -2.35. The van der Waals surface area contributed by atoms with Gasteiger partial charge in [-0.3, -0.25) is 9.59 Å². The Bertz CT molecular complexity index is 1070. The Morgan fingerprint density at radius 1 is 0.943 bits per heavy atom. The third-order valence-corrected chi connectivity index (χ3v) is 5.60. The largest absolute Gasteiger partial charge is 0.444 e. The quantitative estimate of drug-likeness (QED) is 0.557. The van der Waals surface area contributed by atoms with Crippen molar-refractivity contribution in [1.82, 2.24) is 10.2 Å². The van der Waals surface area contributed by atoms with Gasteiger partial charge in [-0.05, 0) is 84.6 Å². The minimum absolute atomic E-state index is 0.287. The van der Waals surface area contributed by atoms with Crippen LogP contribution in [-0.4, -0.2) is 41.0 Å². The molecule has 1 atom stereocenters. The molecule has 2 aromatic carbocycles. The summed E-state index contributed by atoms with van der Waals surface area (Å²) in [6.45, 7) is 16.5. The summed E-state index contributed by atoms with van der Waals surface area (Å²) in [5.41, 5.74) is 4.63. The normalized spacial score (nSPS) is 12.2. The molecule has 7 heteroatoms. The molecule has 0 bridgehead atoms. The number of carbonyl (C=O) groups excluding carboxylic acids is 3. The van der Waals surface area contributed by atoms with Crippen molar-refractivity contribution in [1.29, 1.82) is 0 Å². The van der Waals surface area contributed by atoms with Crippen LogP contribution < -0.4 is 10.6 Å². The fourth-order valence-corrected chi connectivity index (χ4v) is 4.04. The number of hydrogen-bond acceptors (Lipinski definition) is 4. The molecule has 0 aliphatic rings. The Balaban J connectivity index is 2.45. The highest BCUT2D eigenvalue weighted by Gasteiger charge is 2.35. The van der Waals surface area contributed by atoms with E-state index in [2.05, 4.69) is 10.6 Å². The van der Waals surface area contributed by atoms with E-state index in [9.17, 15) is 14.4 Å². The maximum Gasteiger partial charge on any atom is 0.408 e. The molecular formula is C28H39N3O4. The second-order valence-electron chi connectivity index (χ2n) is 10.3. The van der Waals surface area contributed by atoms with E-state index in [4.69, 9.17) is 4.74 Å². The predicted molar refractivity (Wildman–Crippen MR) is 139 cm³/mol. The van der Waals surface area contributed by atoms with Crippen LogP contribution in [0.15, 0.2) is 36.4 Å². The van der Waals surface area contributed by atoms with E-state index in [-0.39, 0.29) is 24.4 Å². The number of amides is 3. The summed E-state index contributed by atoms with van der Waals surface area (Å²) in [4.78, 5) is 40.9. The number of benzene rings is 2. The predicted octanol–water partition coefficient (Wildman–Crippen LogP) is 5.36. The zero-order valence-corrected chi connectivity index (χ0v) is 22.4. The molecule has 1 unspecified atom stereocenters. The van der Waals surface area contributed by atoms with Gasteiger partial charge in [-0.15, -0.1) is 0 Å². The molecule has 2 aromatic rings. The first kappa shape index (κ1) is 27.9. The zero-order valence-electron chi connectivity index (χ0n) is 22.4. The van der Waals surface area contributed by atoms with Gasteiger partial charge < -0.3 is 20.3 Å². The summed E-state index contributed by atoms with van der Waals surface area (Å²) in [7, 11) is 0. The molecule has 0 aliphatic heterocycles. The Morgan fingerprint density at radius 2 is 1.54 bits per heavy atom. The van der Waals surface area contributed by atoms with Crippen LogP contribution in [0.5, 0.6) is 0 Å². The van der Waals surface area contributed by atoms with E-state index in [1.807, 2.05) is 77.9 Å². The SMILES string of the molecule is Cc1ccc(C(C(=O)Nc2c(C)cccc2C)N(C(=O)CNC(=O)OC(C)(C)C)C(C)C)c(C)c1. The number of para-hydroxylation sites is 1. The topological polar surface area (TPSA) is 87.7 Å². The standard InChI is InChI=1S/C28H39N3O4/c1-17(2)31(23(32)16-29-27(34)35-28(7,8)9)25(22-14-13-18(3)15-21(22)6)26(33)30-24-19(4)11-10-12-20(24)5/h10-15,17,25H,16H2,1-9H3,(H,29,34)(H,30,33). The van der Waals surface area contributed by atoms with Crippen LogP contribution in [0, 0.1) is 27.7 Å². The van der Waals surface area contributed by atoms with Crippen molar-refractivity contribution in [2.75, 3.05) is 11.9 Å². The molecule has 0 heterocycles. The van der Waals surface area contributed by atoms with Crippen molar-refractivity contribution in [3.05, 3.63) is 64.2 Å². The number of alkyl carbamates (subject to hydrolysis) is 1. The van der Waals surface area contributed by atoms with Gasteiger partial charge in [-0.1, -0.05) is 42.0 Å². The van der Waals surface area contributed by atoms with Crippen LogP contribution in [0.3, 0.4) is 0 Å². The Labute approximate surface area is 209 Å². The molecule has 0 radical (unpaired) electrons. The van der Waals surface area contributed by atoms with Crippen LogP contribution >= 0.6 is 0 Å². The number of nitrogens with zero attached hydrogens (tertiary/aromatic N) is 1. The van der Waals surface area contributed by atoms with Crippen molar-refractivity contribution in [2.45, 2.75) is 80.0 Å². The average molecular weight is 482 g/mol. The Morgan fingerprint density at radius 3 is 2.06 bits per heavy atom. The first-order valence-electron chi connectivity index (χ1n) is 11.9. The molecule has 2 N–H and O–H groups in total. The van der Waals surface area contributed by atoms with E-state index >= 15 is 0 Å². The summed E-state index contributed by atoms with van der Waals surface area (Å²) < 4.78 is 5.26. The second-order valence-corrected chi connectivity index (χ2v) is 10.3. The summed E-state index contributed by atoms with van der Waals surface area (Å²) >= 11 is 0. The molecule has 35 heavy (non-hydrogen) atoms. The Kier molecular flexibility index (Phi) is 9.07. The summed E-state index contributed by atoms with van der Waals surface area (Å²) in [6.07, 6.45) is -0.683. The van der Waals surface area contributed by atoms with E-state index in [1.54, 1.807) is 20.8 Å². The lowest BCUT2D eigenvalue weighted by molar-refractivity contribution is -0.140. The van der Waals surface area contributed by atoms with Gasteiger partial charge in [-0.25, -0.2) is 4.79 Å². The number of rotatable bonds is 7. The van der Waals surface area contributed by atoms with Gasteiger partial charge in [0.2, 0.25) is 5.91 Å². The highest BCUT2D eigenvalue weighted by molar-refractivity contribution is 5.99. The molecule has 0 saturated heterocycles. The summed E-state index contributed by atoms with van der Waals surface area (Å²) in [6, 6.07) is 10.4. The molecule has 3 amide bonds. The smallest absolute Gasteiger partial charge is 0.408 e. The van der Waals surface area contributed by atoms with Crippen molar-refractivity contribution in [2.24, 2.45) is 0 Å². The van der Waals surface area contributed by atoms with Gasteiger partial charge >= 0.3 is 6.09 Å². The monoisotopic (exact) mass is 481 g/mol. The third-order valence-electron chi connectivity index (χ3n) is 5.60. The zero-order chi connectivity index (χ0) is 26.5. The minimum Gasteiger partial charge on any atom is -0.444 e. The molecule has 0 spiro atoms. The highest BCUT2D eigenvalue weighted by atomic mass is 16.6. The van der Waals surface area contributed by atoms with Crippen LogP contribution in [0.1, 0.15) is 68.5 Å². The first-order chi connectivity index (χ1) is 16.2. The van der Waals surface area contributed by atoms with Crippen LogP contribution in [0.25, 0.3) is 0 Å². The van der Waals surface area contributed by atoms with Gasteiger partial charge in [0.1, 0.15) is 18.2 Å². The van der Waals surface area contributed by atoms with Crippen molar-refractivity contribution in [3.63, 3.8) is 0 Å². The number of hydrogen-bond donors (Lipinski definition) is 2. The lowest BCUT2D eigenvalue weighted by Crippen LogP contribution is -2.49. The summed E-state index contributed by atoms with van der Waals surface area (Å²) in [5, 5.41) is 5.59. The van der Waals surface area contributed by atoms with Gasteiger partial charge in [0.25, 0.3) is 5.91 Å². The maximum atomic E-state index is 13.8. The van der Waals surface area contributed by atoms with E-state index in [0.29, 0.717) is 0 Å². The number of aryl methyl sites for hydroxylation is 4. The third kappa shape index (κ3) is 7.57. The average Bonchev–Trinajstić information content (AvgIpc) is 2.72. The van der Waals surface area contributed by atoms with Crippen LogP contribution in [-0.2, 0) is 14.3 Å². The fraction of sp³-hybridized carbons (Fsp3) is 0.464. The number of anilines is 1. The van der Waals surface area contributed by atoms with Gasteiger partial charge in [0.05, 0.1) is 0 Å². The lowest BCUT2D eigenvalue weighted by atomic mass is 9.95. The van der Waals surface area contributed by atoms with E-state index in [1.165, 1.54) is 4.90 Å². The number of nitrogens with one attached hydrogen (secondary N) is 2. The Hall–Kier alpha value is -3.35. The van der Waals surface area contributed by atoms with Gasteiger partial charge in [-0.2, -0.15) is 0 Å².